The summed E-state index contributed by atoms with van der Waals surface area (Å²) in [6, 6.07) is 9.59. The van der Waals surface area contributed by atoms with E-state index in [0.717, 1.165) is 5.56 Å². The largest absolute Gasteiger partial charge is 0.360 e. The van der Waals surface area contributed by atoms with Crippen LogP contribution in [0.1, 0.15) is 22.9 Å². The highest BCUT2D eigenvalue weighted by molar-refractivity contribution is 6.39. The van der Waals surface area contributed by atoms with Gasteiger partial charge in [-0.15, -0.1) is 0 Å². The van der Waals surface area contributed by atoms with E-state index >= 15 is 0 Å². The highest BCUT2D eigenvalue weighted by Crippen LogP contribution is 2.17. The van der Waals surface area contributed by atoms with Gasteiger partial charge in [0.25, 0.3) is 0 Å². The van der Waals surface area contributed by atoms with Crippen LogP contribution in [0.25, 0.3) is 0 Å². The van der Waals surface area contributed by atoms with Gasteiger partial charge in [-0.3, -0.25) is 14.9 Å². The van der Waals surface area contributed by atoms with Gasteiger partial charge in [0.1, 0.15) is 5.76 Å². The molecular weight excluding hydrogens is 308 g/mol. The van der Waals surface area contributed by atoms with Gasteiger partial charge < -0.3 is 14.7 Å². The van der Waals surface area contributed by atoms with Gasteiger partial charge >= 0.3 is 11.8 Å². The molecule has 7 nitrogen and oxygen atoms in total. The molecule has 2 amide bonds. The van der Waals surface area contributed by atoms with Crippen LogP contribution in [0.15, 0.2) is 34.9 Å². The predicted octanol–water partition coefficient (Wildman–Crippen LogP) is 1.65. The van der Waals surface area contributed by atoms with Crippen molar-refractivity contribution in [3.8, 4) is 0 Å². The first kappa shape index (κ1) is 17.7. The number of aryl methyl sites for hydroxylation is 2. The van der Waals surface area contributed by atoms with Gasteiger partial charge in [-0.05, 0) is 33.5 Å². The van der Waals surface area contributed by atoms with E-state index in [-0.39, 0.29) is 11.9 Å². The number of carbonyl (C=O) groups excluding carboxylic acids is 2. The van der Waals surface area contributed by atoms with E-state index in [0.29, 0.717) is 12.3 Å². The lowest BCUT2D eigenvalue weighted by molar-refractivity contribution is -0.136. The van der Waals surface area contributed by atoms with Crippen molar-refractivity contribution in [1.29, 1.82) is 0 Å². The van der Waals surface area contributed by atoms with Crippen LogP contribution < -0.4 is 10.6 Å². The molecule has 1 aromatic carbocycles. The third-order valence-electron chi connectivity index (χ3n) is 3.62. The van der Waals surface area contributed by atoms with Gasteiger partial charge in [-0.2, -0.15) is 0 Å². The van der Waals surface area contributed by atoms with Crippen molar-refractivity contribution in [1.82, 2.24) is 15.4 Å². The number of likely N-dealkylation sites (N-methyl/N-ethyl adjacent to an activating group) is 1. The molecule has 0 saturated carbocycles. The summed E-state index contributed by atoms with van der Waals surface area (Å²) in [5.41, 5.74) is 2.24. The van der Waals surface area contributed by atoms with Crippen molar-refractivity contribution in [2.75, 3.05) is 26.0 Å². The third-order valence-corrected chi connectivity index (χ3v) is 3.62. The van der Waals surface area contributed by atoms with Gasteiger partial charge in [0.15, 0.2) is 5.82 Å². The Labute approximate surface area is 141 Å². The predicted molar refractivity (Wildman–Crippen MR) is 90.5 cm³/mol. The lowest BCUT2D eigenvalue weighted by atomic mass is 10.0. The summed E-state index contributed by atoms with van der Waals surface area (Å²) in [6.07, 6.45) is 0. The summed E-state index contributed by atoms with van der Waals surface area (Å²) in [7, 11) is 3.85. The van der Waals surface area contributed by atoms with E-state index in [1.165, 1.54) is 5.56 Å². The third kappa shape index (κ3) is 4.66. The van der Waals surface area contributed by atoms with Crippen molar-refractivity contribution in [3.63, 3.8) is 0 Å². The van der Waals surface area contributed by atoms with E-state index in [1.54, 1.807) is 13.0 Å². The summed E-state index contributed by atoms with van der Waals surface area (Å²) < 4.78 is 4.84. The molecule has 0 fully saturated rings. The molecule has 0 aliphatic carbocycles. The van der Waals surface area contributed by atoms with Crippen molar-refractivity contribution in [2.45, 2.75) is 19.9 Å². The highest BCUT2D eigenvalue weighted by atomic mass is 16.5. The summed E-state index contributed by atoms with van der Waals surface area (Å²) in [4.78, 5) is 25.8. The fraction of sp³-hybridized carbons (Fsp3) is 0.353. The van der Waals surface area contributed by atoms with Crippen LogP contribution in [-0.4, -0.2) is 42.5 Å². The maximum atomic E-state index is 12.0. The summed E-state index contributed by atoms with van der Waals surface area (Å²) >= 11 is 0. The number of nitrogens with zero attached hydrogens (tertiary/aromatic N) is 2. The molecule has 1 heterocycles. The average Bonchev–Trinajstić information content (AvgIpc) is 2.93. The molecule has 128 valence electrons. The average molecular weight is 330 g/mol. The molecule has 2 aromatic rings. The molecule has 1 atom stereocenters. The van der Waals surface area contributed by atoms with Crippen LogP contribution in [0.4, 0.5) is 5.82 Å². The smallest absolute Gasteiger partial charge is 0.314 e. The summed E-state index contributed by atoms with van der Waals surface area (Å²) in [5.74, 6) is -0.715. The second-order valence-corrected chi connectivity index (χ2v) is 5.88. The number of benzene rings is 1. The van der Waals surface area contributed by atoms with Crippen molar-refractivity contribution in [3.05, 3.63) is 47.2 Å². The number of hydrogen-bond donors (Lipinski definition) is 2. The monoisotopic (exact) mass is 330 g/mol. The quantitative estimate of drug-likeness (QED) is 0.814. The molecule has 7 heteroatoms. The normalized spacial score (nSPS) is 12.0. The molecule has 0 aliphatic heterocycles. The zero-order valence-corrected chi connectivity index (χ0v) is 14.3. The summed E-state index contributed by atoms with van der Waals surface area (Å²) in [6.45, 7) is 4.04. The number of rotatable bonds is 5. The zero-order valence-electron chi connectivity index (χ0n) is 14.3. The fourth-order valence-corrected chi connectivity index (χ4v) is 2.26. The molecule has 1 unspecified atom stereocenters. The van der Waals surface area contributed by atoms with E-state index in [1.807, 2.05) is 50.2 Å². The molecule has 0 saturated heterocycles. The van der Waals surface area contributed by atoms with Crippen LogP contribution in [0, 0.1) is 13.8 Å². The number of nitrogens with one attached hydrogen (secondary N) is 2. The summed E-state index contributed by atoms with van der Waals surface area (Å²) in [5, 5.41) is 8.67. The number of aromatic nitrogens is 1. The SMILES string of the molecule is Cc1ccc(C(CNC(=O)C(=O)Nc2cc(C)on2)N(C)C)cc1. The van der Waals surface area contributed by atoms with E-state index in [9.17, 15) is 9.59 Å². The van der Waals surface area contributed by atoms with Crippen LogP contribution in [0.3, 0.4) is 0 Å². The first-order valence-corrected chi connectivity index (χ1v) is 7.62. The first-order valence-electron chi connectivity index (χ1n) is 7.62. The van der Waals surface area contributed by atoms with Gasteiger partial charge in [-0.1, -0.05) is 35.0 Å². The fourth-order valence-electron chi connectivity index (χ4n) is 2.26. The van der Waals surface area contributed by atoms with Crippen LogP contribution >= 0.6 is 0 Å². The lowest BCUT2D eigenvalue weighted by Gasteiger charge is -2.25. The van der Waals surface area contributed by atoms with Crippen LogP contribution in [0.5, 0.6) is 0 Å². The van der Waals surface area contributed by atoms with E-state index in [4.69, 9.17) is 4.52 Å². The topological polar surface area (TPSA) is 87.5 Å². The molecular formula is C17H22N4O3. The Morgan fingerprint density at radius 3 is 2.38 bits per heavy atom. The molecule has 0 radical (unpaired) electrons. The standard InChI is InChI=1S/C17H22N4O3/c1-11-5-7-13(8-6-11)14(21(3)4)10-18-16(22)17(23)19-15-9-12(2)24-20-15/h5-9,14H,10H2,1-4H3,(H,18,22)(H,19,20,23). The number of amides is 2. The van der Waals surface area contributed by atoms with Gasteiger partial charge in [0, 0.05) is 12.6 Å². The maximum Gasteiger partial charge on any atom is 0.314 e. The molecule has 0 spiro atoms. The maximum absolute atomic E-state index is 12.0. The Bertz CT molecular complexity index is 707. The van der Waals surface area contributed by atoms with Gasteiger partial charge in [0.2, 0.25) is 0 Å². The van der Waals surface area contributed by atoms with Gasteiger partial charge in [0.05, 0.1) is 6.04 Å². The molecule has 1 aromatic heterocycles. The Morgan fingerprint density at radius 1 is 1.17 bits per heavy atom. The second-order valence-electron chi connectivity index (χ2n) is 5.88. The highest BCUT2D eigenvalue weighted by Gasteiger charge is 2.19. The lowest BCUT2D eigenvalue weighted by Crippen LogP contribution is -2.40. The molecule has 2 N–H and O–H groups in total. The minimum Gasteiger partial charge on any atom is -0.360 e. The van der Waals surface area contributed by atoms with E-state index < -0.39 is 11.8 Å². The number of anilines is 1. The van der Waals surface area contributed by atoms with Crippen LogP contribution in [-0.2, 0) is 9.59 Å². The minimum atomic E-state index is -0.773. The Hall–Kier alpha value is -2.67. The minimum absolute atomic E-state index is 0.0309. The zero-order chi connectivity index (χ0) is 17.7. The second kappa shape index (κ2) is 7.74. The molecule has 2 rings (SSSR count). The van der Waals surface area contributed by atoms with Crippen molar-refractivity contribution < 1.29 is 14.1 Å². The molecule has 0 bridgehead atoms. The van der Waals surface area contributed by atoms with Crippen molar-refractivity contribution >= 4 is 17.6 Å². The Kier molecular flexibility index (Phi) is 5.70. The first-order chi connectivity index (χ1) is 11.4. The molecule has 0 aliphatic rings. The van der Waals surface area contributed by atoms with Gasteiger partial charge in [-0.25, -0.2) is 0 Å². The number of hydrogen-bond acceptors (Lipinski definition) is 5. The van der Waals surface area contributed by atoms with Crippen LogP contribution in [0.2, 0.25) is 0 Å². The molecule has 24 heavy (non-hydrogen) atoms. The number of carbonyl (C=O) groups is 2. The Morgan fingerprint density at radius 2 is 1.83 bits per heavy atom. The van der Waals surface area contributed by atoms with E-state index in [2.05, 4.69) is 15.8 Å². The van der Waals surface area contributed by atoms with Crippen molar-refractivity contribution in [2.24, 2.45) is 0 Å². The Balaban J connectivity index is 1.94.